The molecule has 136 valence electrons. The van der Waals surface area contributed by atoms with E-state index in [-0.39, 0.29) is 11.6 Å². The number of amides is 1. The lowest BCUT2D eigenvalue weighted by atomic mass is 10.2. The fourth-order valence-electron chi connectivity index (χ4n) is 2.53. The third kappa shape index (κ3) is 3.69. The largest absolute Gasteiger partial charge is 0.318 e. The minimum Gasteiger partial charge on any atom is -0.318 e. The molecule has 4 aromatic rings. The summed E-state index contributed by atoms with van der Waals surface area (Å²) in [5.74, 6) is -0.360. The molecule has 27 heavy (non-hydrogen) atoms. The molecule has 0 radical (unpaired) electrons. The Morgan fingerprint density at radius 3 is 2.89 bits per heavy atom. The van der Waals surface area contributed by atoms with E-state index in [1.807, 2.05) is 6.07 Å². The molecule has 0 fully saturated rings. The first-order valence-corrected chi connectivity index (χ1v) is 9.33. The van der Waals surface area contributed by atoms with Crippen LogP contribution in [0.5, 0.6) is 0 Å². The molecule has 0 aliphatic heterocycles. The highest BCUT2D eigenvalue weighted by molar-refractivity contribution is 9.10. The standard InChI is InChI=1S/C17H11BrCl2N6O/c18-14-15(24-26-5-1-4-21-16(14)26)17(27)23-11-7-22-25(9-11)8-10-2-3-12(19)13(20)6-10/h1-7,9H,8H2,(H,23,27). The fraction of sp³-hybridized carbons (Fsp3) is 0.0588. The summed E-state index contributed by atoms with van der Waals surface area (Å²) in [6, 6.07) is 7.13. The van der Waals surface area contributed by atoms with E-state index in [4.69, 9.17) is 23.2 Å². The molecule has 3 aromatic heterocycles. The maximum atomic E-state index is 12.5. The van der Waals surface area contributed by atoms with Gasteiger partial charge in [-0.05, 0) is 39.7 Å². The van der Waals surface area contributed by atoms with Crippen LogP contribution >= 0.6 is 39.1 Å². The average Bonchev–Trinajstić information content (AvgIpc) is 3.23. The molecule has 0 spiro atoms. The number of carbonyl (C=O) groups excluding carboxylic acids is 1. The van der Waals surface area contributed by atoms with Crippen LogP contribution in [0, 0.1) is 0 Å². The molecule has 0 atom stereocenters. The van der Waals surface area contributed by atoms with Gasteiger partial charge in [-0.15, -0.1) is 0 Å². The molecule has 3 heterocycles. The van der Waals surface area contributed by atoms with Crippen LogP contribution in [0.2, 0.25) is 10.0 Å². The molecular formula is C17H11BrCl2N6O. The van der Waals surface area contributed by atoms with E-state index >= 15 is 0 Å². The molecule has 0 unspecified atom stereocenters. The van der Waals surface area contributed by atoms with Crippen LogP contribution in [0.4, 0.5) is 5.69 Å². The number of benzene rings is 1. The van der Waals surface area contributed by atoms with Gasteiger partial charge in [-0.2, -0.15) is 10.2 Å². The zero-order chi connectivity index (χ0) is 19.0. The Balaban J connectivity index is 1.50. The van der Waals surface area contributed by atoms with E-state index in [0.717, 1.165) is 5.56 Å². The maximum absolute atomic E-state index is 12.5. The zero-order valence-corrected chi connectivity index (χ0v) is 16.7. The third-order valence-electron chi connectivity index (χ3n) is 3.77. The summed E-state index contributed by atoms with van der Waals surface area (Å²) in [7, 11) is 0. The van der Waals surface area contributed by atoms with Crippen LogP contribution in [-0.4, -0.2) is 30.3 Å². The Morgan fingerprint density at radius 2 is 2.11 bits per heavy atom. The van der Waals surface area contributed by atoms with Gasteiger partial charge in [-0.25, -0.2) is 9.50 Å². The van der Waals surface area contributed by atoms with Gasteiger partial charge in [0.2, 0.25) is 0 Å². The number of hydrogen-bond donors (Lipinski definition) is 1. The van der Waals surface area contributed by atoms with Crippen molar-refractivity contribution in [2.24, 2.45) is 0 Å². The Labute approximate surface area is 172 Å². The molecule has 4 rings (SSSR count). The van der Waals surface area contributed by atoms with Crippen LogP contribution in [0.1, 0.15) is 16.1 Å². The molecule has 1 amide bonds. The van der Waals surface area contributed by atoms with Gasteiger partial charge in [0.1, 0.15) is 0 Å². The lowest BCUT2D eigenvalue weighted by Gasteiger charge is -2.03. The highest BCUT2D eigenvalue weighted by Crippen LogP contribution is 2.24. The molecule has 7 nitrogen and oxygen atoms in total. The highest BCUT2D eigenvalue weighted by Gasteiger charge is 2.18. The summed E-state index contributed by atoms with van der Waals surface area (Å²) in [5, 5.41) is 12.3. The lowest BCUT2D eigenvalue weighted by molar-refractivity contribution is 0.102. The van der Waals surface area contributed by atoms with Crippen molar-refractivity contribution in [1.29, 1.82) is 0 Å². The summed E-state index contributed by atoms with van der Waals surface area (Å²) < 4.78 is 3.76. The van der Waals surface area contributed by atoms with Crippen molar-refractivity contribution in [2.45, 2.75) is 6.54 Å². The van der Waals surface area contributed by atoms with Crippen molar-refractivity contribution < 1.29 is 4.79 Å². The first kappa shape index (κ1) is 18.0. The number of anilines is 1. The summed E-state index contributed by atoms with van der Waals surface area (Å²) in [6.45, 7) is 0.495. The Bertz CT molecular complexity index is 1160. The van der Waals surface area contributed by atoms with E-state index in [2.05, 4.69) is 36.4 Å². The lowest BCUT2D eigenvalue weighted by Crippen LogP contribution is -2.13. The van der Waals surface area contributed by atoms with Gasteiger partial charge in [-0.3, -0.25) is 9.48 Å². The summed E-state index contributed by atoms with van der Waals surface area (Å²) in [5.41, 5.74) is 2.31. The third-order valence-corrected chi connectivity index (χ3v) is 5.24. The molecule has 10 heteroatoms. The Hall–Kier alpha value is -2.42. The van der Waals surface area contributed by atoms with Crippen molar-refractivity contribution in [1.82, 2.24) is 24.4 Å². The number of hydrogen-bond acceptors (Lipinski definition) is 4. The topological polar surface area (TPSA) is 77.1 Å². The van der Waals surface area contributed by atoms with E-state index in [0.29, 0.717) is 32.4 Å². The van der Waals surface area contributed by atoms with Gasteiger partial charge in [0, 0.05) is 18.6 Å². The molecule has 0 saturated carbocycles. The van der Waals surface area contributed by atoms with Crippen molar-refractivity contribution in [2.75, 3.05) is 5.32 Å². The van der Waals surface area contributed by atoms with Crippen LogP contribution in [0.3, 0.4) is 0 Å². The predicted molar refractivity (Wildman–Crippen MR) is 106 cm³/mol. The average molecular weight is 466 g/mol. The van der Waals surface area contributed by atoms with Crippen molar-refractivity contribution in [3.8, 4) is 0 Å². The maximum Gasteiger partial charge on any atom is 0.277 e. The minimum absolute atomic E-state index is 0.242. The predicted octanol–water partition coefficient (Wildman–Crippen LogP) is 4.30. The molecule has 0 aliphatic rings. The van der Waals surface area contributed by atoms with Crippen molar-refractivity contribution in [3.05, 3.63) is 74.8 Å². The molecular weight excluding hydrogens is 455 g/mol. The SMILES string of the molecule is O=C(Nc1cnn(Cc2ccc(Cl)c(Cl)c2)c1)c1nn2cccnc2c1Br. The molecule has 1 N–H and O–H groups in total. The van der Waals surface area contributed by atoms with Gasteiger partial charge < -0.3 is 5.32 Å². The smallest absolute Gasteiger partial charge is 0.277 e. The number of nitrogens with zero attached hydrogens (tertiary/aromatic N) is 5. The second kappa shape index (κ2) is 7.30. The van der Waals surface area contributed by atoms with Crippen LogP contribution < -0.4 is 5.32 Å². The summed E-state index contributed by atoms with van der Waals surface area (Å²) in [6.07, 6.45) is 6.65. The van der Waals surface area contributed by atoms with Gasteiger partial charge in [-0.1, -0.05) is 29.3 Å². The van der Waals surface area contributed by atoms with Crippen molar-refractivity contribution in [3.63, 3.8) is 0 Å². The normalized spacial score (nSPS) is 11.1. The number of aromatic nitrogens is 5. The van der Waals surface area contributed by atoms with E-state index < -0.39 is 0 Å². The zero-order valence-electron chi connectivity index (χ0n) is 13.6. The first-order valence-electron chi connectivity index (χ1n) is 7.78. The van der Waals surface area contributed by atoms with Gasteiger partial charge in [0.05, 0.1) is 32.9 Å². The number of halogens is 3. The molecule has 0 aliphatic carbocycles. The quantitative estimate of drug-likeness (QED) is 0.487. The van der Waals surface area contributed by atoms with Crippen LogP contribution in [0.25, 0.3) is 5.65 Å². The van der Waals surface area contributed by atoms with E-state index in [1.165, 1.54) is 4.52 Å². The monoisotopic (exact) mass is 464 g/mol. The minimum atomic E-state index is -0.360. The molecule has 0 saturated heterocycles. The Kier molecular flexibility index (Phi) is 4.86. The van der Waals surface area contributed by atoms with Crippen molar-refractivity contribution >= 4 is 56.4 Å². The second-order valence-corrected chi connectivity index (χ2v) is 7.29. The number of rotatable bonds is 4. The Morgan fingerprint density at radius 1 is 1.26 bits per heavy atom. The highest BCUT2D eigenvalue weighted by atomic mass is 79.9. The van der Waals surface area contributed by atoms with Crippen LogP contribution in [0.15, 0.2) is 53.5 Å². The number of fused-ring (bicyclic) bond motifs is 1. The summed E-state index contributed by atoms with van der Waals surface area (Å²) in [4.78, 5) is 16.7. The number of nitrogens with one attached hydrogen (secondary N) is 1. The number of carbonyl (C=O) groups is 1. The van der Waals surface area contributed by atoms with E-state index in [1.54, 1.807) is 47.7 Å². The van der Waals surface area contributed by atoms with Gasteiger partial charge >= 0.3 is 0 Å². The van der Waals surface area contributed by atoms with Crippen LogP contribution in [-0.2, 0) is 6.54 Å². The second-order valence-electron chi connectivity index (χ2n) is 5.68. The first-order chi connectivity index (χ1) is 13.0. The van der Waals surface area contributed by atoms with Gasteiger partial charge in [0.25, 0.3) is 5.91 Å². The van der Waals surface area contributed by atoms with E-state index in [9.17, 15) is 4.79 Å². The fourth-order valence-corrected chi connectivity index (χ4v) is 3.40. The summed E-state index contributed by atoms with van der Waals surface area (Å²) >= 11 is 15.3. The van der Waals surface area contributed by atoms with Gasteiger partial charge in [0.15, 0.2) is 11.3 Å². The molecule has 0 bridgehead atoms. The molecule has 1 aromatic carbocycles.